The first-order chi connectivity index (χ1) is 10.2. The fourth-order valence-corrected chi connectivity index (χ4v) is 4.00. The summed E-state index contributed by atoms with van der Waals surface area (Å²) in [5, 5.41) is 0. The maximum Gasteiger partial charge on any atom is 0.226 e. The highest BCUT2D eigenvalue weighted by Gasteiger charge is 2.35. The zero-order valence-electron chi connectivity index (χ0n) is 12.9. The van der Waals surface area contributed by atoms with Crippen LogP contribution in [-0.2, 0) is 4.79 Å². The highest BCUT2D eigenvalue weighted by Crippen LogP contribution is 2.36. The Kier molecular flexibility index (Phi) is 4.29. The van der Waals surface area contributed by atoms with Gasteiger partial charge in [-0.15, -0.1) is 0 Å². The van der Waals surface area contributed by atoms with Crippen LogP contribution in [-0.4, -0.2) is 23.4 Å². The van der Waals surface area contributed by atoms with Crippen molar-refractivity contribution in [3.63, 3.8) is 0 Å². The first-order valence-corrected chi connectivity index (χ1v) is 8.28. The fourth-order valence-electron chi connectivity index (χ4n) is 4.00. The third kappa shape index (κ3) is 2.98. The van der Waals surface area contributed by atoms with Crippen LogP contribution in [0.15, 0.2) is 24.3 Å². The summed E-state index contributed by atoms with van der Waals surface area (Å²) in [6.45, 7) is 3.05. The van der Waals surface area contributed by atoms with Gasteiger partial charge in [-0.25, -0.2) is 0 Å². The topological polar surface area (TPSA) is 46.3 Å². The Hall–Kier alpha value is -1.35. The minimum Gasteiger partial charge on any atom is -0.335 e. The van der Waals surface area contributed by atoms with Crippen LogP contribution in [0.5, 0.6) is 0 Å². The van der Waals surface area contributed by atoms with Gasteiger partial charge in [0, 0.05) is 18.5 Å². The van der Waals surface area contributed by atoms with Crippen LogP contribution in [0.2, 0.25) is 0 Å². The van der Waals surface area contributed by atoms with E-state index in [1.165, 1.54) is 11.1 Å². The molecule has 21 heavy (non-hydrogen) atoms. The number of hydrogen-bond donors (Lipinski definition) is 1. The number of nitrogens with two attached hydrogens (primary N) is 1. The highest BCUT2D eigenvalue weighted by molar-refractivity contribution is 5.80. The molecule has 1 aliphatic carbocycles. The van der Waals surface area contributed by atoms with Crippen molar-refractivity contribution in [1.82, 2.24) is 4.90 Å². The summed E-state index contributed by atoms with van der Waals surface area (Å²) in [5.74, 6) is 0.495. The van der Waals surface area contributed by atoms with Gasteiger partial charge in [-0.05, 0) is 50.2 Å². The van der Waals surface area contributed by atoms with E-state index in [1.54, 1.807) is 0 Å². The predicted octanol–water partition coefficient (Wildman–Crippen LogP) is 3.18. The molecule has 2 aliphatic rings. The Labute approximate surface area is 127 Å². The number of carbonyl (C=O) groups is 1. The van der Waals surface area contributed by atoms with E-state index in [0.29, 0.717) is 5.91 Å². The van der Waals surface area contributed by atoms with E-state index in [9.17, 15) is 4.79 Å². The molecule has 3 heteroatoms. The molecular formula is C18H26N2O. The lowest BCUT2D eigenvalue weighted by molar-refractivity contribution is -0.137. The minimum atomic E-state index is 0.151. The molecule has 114 valence electrons. The van der Waals surface area contributed by atoms with E-state index in [-0.39, 0.29) is 18.0 Å². The van der Waals surface area contributed by atoms with Crippen LogP contribution in [0.1, 0.15) is 55.7 Å². The normalized spacial score (nSPS) is 29.6. The lowest BCUT2D eigenvalue weighted by Crippen LogP contribution is -2.40. The van der Waals surface area contributed by atoms with Crippen molar-refractivity contribution in [3.8, 4) is 0 Å². The number of amides is 1. The van der Waals surface area contributed by atoms with Gasteiger partial charge in [-0.2, -0.15) is 0 Å². The van der Waals surface area contributed by atoms with Crippen molar-refractivity contribution in [2.75, 3.05) is 6.54 Å². The average Bonchev–Trinajstić information content (AvgIpc) is 2.96. The Morgan fingerprint density at radius 3 is 2.76 bits per heavy atom. The quantitative estimate of drug-likeness (QED) is 0.907. The first kappa shape index (κ1) is 14.6. The molecule has 1 saturated heterocycles. The molecule has 1 heterocycles. The minimum absolute atomic E-state index is 0.151. The van der Waals surface area contributed by atoms with Crippen molar-refractivity contribution >= 4 is 5.91 Å². The fraction of sp³-hybridized carbons (Fsp3) is 0.611. The molecule has 1 aromatic carbocycles. The van der Waals surface area contributed by atoms with Crippen molar-refractivity contribution in [3.05, 3.63) is 35.4 Å². The molecule has 3 nitrogen and oxygen atoms in total. The molecule has 3 rings (SSSR count). The number of likely N-dealkylation sites (tertiary alicyclic amines) is 1. The Balaban J connectivity index is 1.77. The number of benzene rings is 1. The smallest absolute Gasteiger partial charge is 0.226 e. The van der Waals surface area contributed by atoms with Crippen LogP contribution in [0, 0.1) is 12.8 Å². The third-order valence-electron chi connectivity index (χ3n) is 5.15. The van der Waals surface area contributed by atoms with E-state index in [2.05, 4.69) is 36.1 Å². The van der Waals surface area contributed by atoms with Gasteiger partial charge in [-0.1, -0.05) is 30.7 Å². The van der Waals surface area contributed by atoms with E-state index in [4.69, 9.17) is 5.73 Å². The predicted molar refractivity (Wildman–Crippen MR) is 84.8 cm³/mol. The molecular weight excluding hydrogens is 260 g/mol. The summed E-state index contributed by atoms with van der Waals surface area (Å²) in [6.07, 6.45) is 6.27. The molecule has 0 spiro atoms. The largest absolute Gasteiger partial charge is 0.335 e. The van der Waals surface area contributed by atoms with Gasteiger partial charge >= 0.3 is 0 Å². The van der Waals surface area contributed by atoms with Gasteiger partial charge in [0.05, 0.1) is 6.04 Å². The van der Waals surface area contributed by atoms with Crippen LogP contribution < -0.4 is 5.73 Å². The lowest BCUT2D eigenvalue weighted by atomic mass is 9.85. The first-order valence-electron chi connectivity index (χ1n) is 8.28. The second kappa shape index (κ2) is 6.18. The summed E-state index contributed by atoms with van der Waals surface area (Å²) < 4.78 is 0. The van der Waals surface area contributed by atoms with Gasteiger partial charge in [0.2, 0.25) is 5.91 Å². The number of carbonyl (C=O) groups excluding carboxylic acids is 1. The molecule has 1 aliphatic heterocycles. The Morgan fingerprint density at radius 1 is 1.19 bits per heavy atom. The number of nitrogens with zero attached hydrogens (tertiary/aromatic N) is 1. The van der Waals surface area contributed by atoms with Gasteiger partial charge in [0.25, 0.3) is 0 Å². The monoisotopic (exact) mass is 286 g/mol. The molecule has 2 N–H and O–H groups in total. The van der Waals surface area contributed by atoms with Crippen LogP contribution in [0.4, 0.5) is 0 Å². The molecule has 1 saturated carbocycles. The molecule has 1 amide bonds. The molecule has 1 aromatic rings. The van der Waals surface area contributed by atoms with Crippen LogP contribution in [0.25, 0.3) is 0 Å². The number of hydrogen-bond acceptors (Lipinski definition) is 2. The number of rotatable bonds is 2. The third-order valence-corrected chi connectivity index (χ3v) is 5.15. The summed E-state index contributed by atoms with van der Waals surface area (Å²) >= 11 is 0. The zero-order chi connectivity index (χ0) is 14.8. The average molecular weight is 286 g/mol. The maximum absolute atomic E-state index is 12.9. The molecule has 0 radical (unpaired) electrons. The molecule has 0 unspecified atom stereocenters. The van der Waals surface area contributed by atoms with Crippen molar-refractivity contribution in [1.29, 1.82) is 0 Å². The van der Waals surface area contributed by atoms with Crippen LogP contribution >= 0.6 is 0 Å². The van der Waals surface area contributed by atoms with Gasteiger partial charge in [0.15, 0.2) is 0 Å². The summed E-state index contributed by atoms with van der Waals surface area (Å²) in [6, 6.07) is 8.97. The summed E-state index contributed by atoms with van der Waals surface area (Å²) in [4.78, 5) is 15.0. The zero-order valence-corrected chi connectivity index (χ0v) is 12.9. The Morgan fingerprint density at radius 2 is 2.00 bits per heavy atom. The van der Waals surface area contributed by atoms with Gasteiger partial charge in [-0.3, -0.25) is 4.79 Å². The molecule has 0 aromatic heterocycles. The Bertz CT molecular complexity index is 514. The summed E-state index contributed by atoms with van der Waals surface area (Å²) in [5.41, 5.74) is 8.68. The summed E-state index contributed by atoms with van der Waals surface area (Å²) in [7, 11) is 0. The SMILES string of the molecule is Cc1ccccc1[C@@H]1CCCN1C(=O)[C@H]1CCC[C@@H](N)C1. The van der Waals surface area contributed by atoms with Crippen molar-refractivity contribution in [2.24, 2.45) is 11.7 Å². The van der Waals surface area contributed by atoms with Gasteiger partial charge < -0.3 is 10.6 Å². The second-order valence-electron chi connectivity index (χ2n) is 6.67. The van der Waals surface area contributed by atoms with E-state index in [1.807, 2.05) is 0 Å². The lowest BCUT2D eigenvalue weighted by Gasteiger charge is -2.33. The van der Waals surface area contributed by atoms with E-state index in [0.717, 1.165) is 45.1 Å². The van der Waals surface area contributed by atoms with Crippen molar-refractivity contribution < 1.29 is 4.79 Å². The number of aryl methyl sites for hydroxylation is 1. The maximum atomic E-state index is 12.9. The van der Waals surface area contributed by atoms with E-state index >= 15 is 0 Å². The highest BCUT2D eigenvalue weighted by atomic mass is 16.2. The molecule has 0 bridgehead atoms. The van der Waals surface area contributed by atoms with Crippen LogP contribution in [0.3, 0.4) is 0 Å². The van der Waals surface area contributed by atoms with Gasteiger partial charge in [0.1, 0.15) is 0 Å². The van der Waals surface area contributed by atoms with E-state index < -0.39 is 0 Å². The molecule has 2 fully saturated rings. The van der Waals surface area contributed by atoms with Crippen molar-refractivity contribution in [2.45, 2.75) is 57.5 Å². The molecule has 3 atom stereocenters. The second-order valence-corrected chi connectivity index (χ2v) is 6.67. The standard InChI is InChI=1S/C18H26N2O/c1-13-6-2-3-9-16(13)17-10-5-11-20(17)18(21)14-7-4-8-15(19)12-14/h2-3,6,9,14-15,17H,4-5,7-8,10-12,19H2,1H3/t14-,15+,17-/m0/s1.